The molecule has 8 heteroatoms. The van der Waals surface area contributed by atoms with Crippen LogP contribution in [0, 0.1) is 6.92 Å². The van der Waals surface area contributed by atoms with Crippen molar-refractivity contribution < 1.29 is 13.9 Å². The molecule has 1 aliphatic rings. The number of amides is 1. The molecule has 2 aromatic heterocycles. The summed E-state index contributed by atoms with van der Waals surface area (Å²) in [6.45, 7) is 3.60. The molecule has 144 valence electrons. The van der Waals surface area contributed by atoms with Crippen LogP contribution in [0.3, 0.4) is 0 Å². The van der Waals surface area contributed by atoms with Crippen LogP contribution in [-0.4, -0.2) is 50.7 Å². The second-order valence-electron chi connectivity index (χ2n) is 6.73. The lowest BCUT2D eigenvalue weighted by atomic mass is 10.1. The van der Waals surface area contributed by atoms with Crippen LogP contribution < -0.4 is 4.74 Å². The summed E-state index contributed by atoms with van der Waals surface area (Å²) in [5.41, 5.74) is 1.60. The number of nitrogens with zero attached hydrogens (tertiary/aromatic N) is 5. The van der Waals surface area contributed by atoms with Crippen LogP contribution in [-0.2, 0) is 4.79 Å². The molecule has 0 N–H and O–H groups in total. The van der Waals surface area contributed by atoms with Gasteiger partial charge in [-0.1, -0.05) is 18.2 Å². The minimum absolute atomic E-state index is 0.0409. The van der Waals surface area contributed by atoms with E-state index >= 15 is 0 Å². The number of hydrogen-bond acceptors (Lipinski definition) is 7. The lowest BCUT2D eigenvalue weighted by molar-refractivity contribution is -0.130. The molecule has 3 heterocycles. The zero-order valence-corrected chi connectivity index (χ0v) is 15.6. The normalized spacial score (nSPS) is 16.3. The molecule has 1 fully saturated rings. The molecular formula is C20H21N5O3. The first-order chi connectivity index (χ1) is 13.7. The van der Waals surface area contributed by atoms with Gasteiger partial charge in [-0.2, -0.15) is 0 Å². The Labute approximate surface area is 162 Å². The average Bonchev–Trinajstić information content (AvgIpc) is 3.40. The first kappa shape index (κ1) is 18.1. The van der Waals surface area contributed by atoms with E-state index in [1.54, 1.807) is 18.6 Å². The fourth-order valence-electron chi connectivity index (χ4n) is 3.23. The van der Waals surface area contributed by atoms with Crippen molar-refractivity contribution in [3.8, 4) is 17.3 Å². The van der Waals surface area contributed by atoms with E-state index < -0.39 is 0 Å². The van der Waals surface area contributed by atoms with Crippen molar-refractivity contribution in [2.24, 2.45) is 0 Å². The minimum Gasteiger partial charge on any atom is -0.493 e. The van der Waals surface area contributed by atoms with Gasteiger partial charge in [0.2, 0.25) is 11.8 Å². The molecule has 0 bridgehead atoms. The summed E-state index contributed by atoms with van der Waals surface area (Å²) in [7, 11) is 0. The Bertz CT molecular complexity index is 944. The minimum atomic E-state index is 0.0409. The van der Waals surface area contributed by atoms with E-state index in [9.17, 15) is 4.79 Å². The van der Waals surface area contributed by atoms with E-state index in [-0.39, 0.29) is 11.8 Å². The molecule has 0 unspecified atom stereocenters. The Morgan fingerprint density at radius 2 is 2.18 bits per heavy atom. The maximum absolute atomic E-state index is 12.5. The number of hydrogen-bond donors (Lipinski definition) is 0. The second-order valence-corrected chi connectivity index (χ2v) is 6.73. The van der Waals surface area contributed by atoms with Crippen LogP contribution in [0.5, 0.6) is 5.75 Å². The number of para-hydroxylation sites is 1. The predicted molar refractivity (Wildman–Crippen MR) is 101 cm³/mol. The molecule has 1 aromatic carbocycles. The van der Waals surface area contributed by atoms with Gasteiger partial charge in [-0.05, 0) is 25.0 Å². The maximum Gasteiger partial charge on any atom is 0.267 e. The molecule has 3 aromatic rings. The van der Waals surface area contributed by atoms with Crippen molar-refractivity contribution >= 4 is 5.91 Å². The van der Waals surface area contributed by atoms with Gasteiger partial charge >= 0.3 is 0 Å². The molecule has 1 amide bonds. The van der Waals surface area contributed by atoms with E-state index in [1.807, 2.05) is 36.1 Å². The monoisotopic (exact) mass is 379 g/mol. The second kappa shape index (κ2) is 8.16. The summed E-state index contributed by atoms with van der Waals surface area (Å²) in [4.78, 5) is 22.5. The number of aryl methyl sites for hydroxylation is 1. The Balaban J connectivity index is 1.30. The van der Waals surface area contributed by atoms with Crippen molar-refractivity contribution in [3.05, 3.63) is 54.3 Å². The molecule has 4 rings (SSSR count). The van der Waals surface area contributed by atoms with Crippen LogP contribution in [0.1, 0.15) is 30.2 Å². The zero-order chi connectivity index (χ0) is 19.3. The quantitative estimate of drug-likeness (QED) is 0.650. The highest BCUT2D eigenvalue weighted by molar-refractivity contribution is 5.76. The summed E-state index contributed by atoms with van der Waals surface area (Å²) in [5.74, 6) is 1.81. The van der Waals surface area contributed by atoms with E-state index in [0.29, 0.717) is 43.6 Å². The highest BCUT2D eigenvalue weighted by Gasteiger charge is 2.31. The van der Waals surface area contributed by atoms with Gasteiger partial charge in [0.15, 0.2) is 0 Å². The molecule has 1 saturated heterocycles. The summed E-state index contributed by atoms with van der Waals surface area (Å²) in [5, 5.41) is 8.18. The smallest absolute Gasteiger partial charge is 0.267 e. The van der Waals surface area contributed by atoms with Gasteiger partial charge in [0, 0.05) is 25.5 Å². The Morgan fingerprint density at radius 3 is 3.00 bits per heavy atom. The van der Waals surface area contributed by atoms with Crippen LogP contribution in [0.2, 0.25) is 0 Å². The Hall–Kier alpha value is -3.29. The largest absolute Gasteiger partial charge is 0.493 e. The van der Waals surface area contributed by atoms with E-state index in [1.165, 1.54) is 0 Å². The average molecular weight is 379 g/mol. The van der Waals surface area contributed by atoms with Crippen LogP contribution in [0.25, 0.3) is 11.6 Å². The zero-order valence-electron chi connectivity index (χ0n) is 15.6. The lowest BCUT2D eigenvalue weighted by Crippen LogP contribution is -2.29. The molecule has 0 spiro atoms. The van der Waals surface area contributed by atoms with Crippen molar-refractivity contribution in [2.45, 2.75) is 25.7 Å². The summed E-state index contributed by atoms with van der Waals surface area (Å²) in [6.07, 6.45) is 5.89. The topological polar surface area (TPSA) is 94.2 Å². The maximum atomic E-state index is 12.5. The van der Waals surface area contributed by atoms with Gasteiger partial charge in [0.05, 0.1) is 25.1 Å². The highest BCUT2D eigenvalue weighted by Crippen LogP contribution is 2.28. The van der Waals surface area contributed by atoms with E-state index in [4.69, 9.17) is 9.15 Å². The number of ether oxygens (including phenoxy) is 1. The van der Waals surface area contributed by atoms with Gasteiger partial charge in [-0.25, -0.2) is 4.98 Å². The van der Waals surface area contributed by atoms with Crippen molar-refractivity contribution in [1.82, 2.24) is 25.1 Å². The van der Waals surface area contributed by atoms with Gasteiger partial charge < -0.3 is 14.1 Å². The van der Waals surface area contributed by atoms with Crippen molar-refractivity contribution in [1.29, 1.82) is 0 Å². The number of likely N-dealkylation sites (tertiary alicyclic amines) is 1. The third-order valence-electron chi connectivity index (χ3n) is 4.78. The number of carbonyl (C=O) groups is 1. The molecule has 28 heavy (non-hydrogen) atoms. The highest BCUT2D eigenvalue weighted by atomic mass is 16.5. The molecular weight excluding hydrogens is 358 g/mol. The van der Waals surface area contributed by atoms with Crippen molar-refractivity contribution in [3.63, 3.8) is 0 Å². The number of rotatable bonds is 6. The SMILES string of the molecule is Cc1ccccc1OCCC(=O)N1CC[C@@H](c2nnc(-c3cnccn3)o2)C1. The van der Waals surface area contributed by atoms with E-state index in [0.717, 1.165) is 17.7 Å². The van der Waals surface area contributed by atoms with Crippen LogP contribution in [0.15, 0.2) is 47.3 Å². The summed E-state index contributed by atoms with van der Waals surface area (Å²) < 4.78 is 11.5. The van der Waals surface area contributed by atoms with Gasteiger partial charge in [0.1, 0.15) is 11.4 Å². The predicted octanol–water partition coefficient (Wildman–Crippen LogP) is 2.62. The first-order valence-electron chi connectivity index (χ1n) is 9.26. The van der Waals surface area contributed by atoms with Gasteiger partial charge in [-0.3, -0.25) is 9.78 Å². The number of aromatic nitrogens is 4. The Kier molecular flexibility index (Phi) is 5.27. The molecule has 8 nitrogen and oxygen atoms in total. The number of benzene rings is 1. The summed E-state index contributed by atoms with van der Waals surface area (Å²) >= 11 is 0. The van der Waals surface area contributed by atoms with Gasteiger partial charge in [0.25, 0.3) is 5.89 Å². The fourth-order valence-corrected chi connectivity index (χ4v) is 3.23. The molecule has 1 aliphatic heterocycles. The molecule has 0 saturated carbocycles. The molecule has 1 atom stereocenters. The Morgan fingerprint density at radius 1 is 1.29 bits per heavy atom. The third-order valence-corrected chi connectivity index (χ3v) is 4.78. The van der Waals surface area contributed by atoms with Crippen LogP contribution in [0.4, 0.5) is 0 Å². The molecule has 0 aliphatic carbocycles. The molecule has 0 radical (unpaired) electrons. The first-order valence-corrected chi connectivity index (χ1v) is 9.26. The fraction of sp³-hybridized carbons (Fsp3) is 0.350. The summed E-state index contributed by atoms with van der Waals surface area (Å²) in [6, 6.07) is 7.79. The van der Waals surface area contributed by atoms with E-state index in [2.05, 4.69) is 20.2 Å². The van der Waals surface area contributed by atoms with Crippen molar-refractivity contribution in [2.75, 3.05) is 19.7 Å². The lowest BCUT2D eigenvalue weighted by Gasteiger charge is -2.16. The third kappa shape index (κ3) is 4.00. The standard InChI is InChI=1S/C20H21N5O3/c1-14-4-2-3-5-17(14)27-11-7-18(26)25-10-6-15(13-25)19-23-24-20(28-19)16-12-21-8-9-22-16/h2-5,8-9,12,15H,6-7,10-11,13H2,1H3/t15-/m1/s1. The van der Waals surface area contributed by atoms with Crippen LogP contribution >= 0.6 is 0 Å². The van der Waals surface area contributed by atoms with Gasteiger partial charge in [-0.15, -0.1) is 10.2 Å². The number of carbonyl (C=O) groups excluding carboxylic acids is 1.